The fourth-order valence-electron chi connectivity index (χ4n) is 1.41. The van der Waals surface area contributed by atoms with Gasteiger partial charge in [0.2, 0.25) is 0 Å². The lowest BCUT2D eigenvalue weighted by Crippen LogP contribution is -1.98. The Balaban J connectivity index is 2.02. The van der Waals surface area contributed by atoms with Gasteiger partial charge in [0.25, 0.3) is 0 Å². The molecule has 0 saturated carbocycles. The molecule has 0 spiro atoms. The predicted molar refractivity (Wildman–Crippen MR) is 77.9 cm³/mol. The molecule has 0 saturated heterocycles. The van der Waals surface area contributed by atoms with E-state index in [0.29, 0.717) is 5.02 Å². The van der Waals surface area contributed by atoms with Crippen LogP contribution in [-0.4, -0.2) is 0 Å². The molecule has 1 nitrogen and oxygen atoms in total. The molecule has 17 heavy (non-hydrogen) atoms. The van der Waals surface area contributed by atoms with Crippen LogP contribution in [0.3, 0.4) is 0 Å². The summed E-state index contributed by atoms with van der Waals surface area (Å²) < 4.78 is 0.889. The van der Waals surface area contributed by atoms with E-state index in [4.69, 9.17) is 23.2 Å². The van der Waals surface area contributed by atoms with Gasteiger partial charge in [-0.1, -0.05) is 35.3 Å². The van der Waals surface area contributed by atoms with E-state index < -0.39 is 0 Å². The topological polar surface area (TPSA) is 12.0 Å². The van der Waals surface area contributed by atoms with Gasteiger partial charge in [-0.15, -0.1) is 0 Å². The summed E-state index contributed by atoms with van der Waals surface area (Å²) in [7, 11) is 0. The highest BCUT2D eigenvalue weighted by Crippen LogP contribution is 2.25. The Bertz CT molecular complexity index is 511. The maximum atomic E-state index is 5.93. The summed E-state index contributed by atoms with van der Waals surface area (Å²) in [5, 5.41) is 4.78. The maximum Gasteiger partial charge on any atom is 0.0549 e. The number of halogens is 3. The molecule has 0 atom stereocenters. The Morgan fingerprint density at radius 1 is 1.00 bits per heavy atom. The lowest BCUT2D eigenvalue weighted by atomic mass is 10.2. The molecule has 0 aliphatic heterocycles. The number of hydrogen-bond acceptors (Lipinski definition) is 1. The van der Waals surface area contributed by atoms with Crippen LogP contribution in [0.4, 0.5) is 5.69 Å². The van der Waals surface area contributed by atoms with Crippen molar-refractivity contribution in [3.8, 4) is 0 Å². The van der Waals surface area contributed by atoms with E-state index in [1.807, 2.05) is 42.5 Å². The Morgan fingerprint density at radius 3 is 2.35 bits per heavy atom. The van der Waals surface area contributed by atoms with Crippen molar-refractivity contribution in [2.24, 2.45) is 0 Å². The van der Waals surface area contributed by atoms with Gasteiger partial charge in [0, 0.05) is 21.7 Å². The van der Waals surface area contributed by atoms with Crippen LogP contribution in [0, 0.1) is 0 Å². The van der Waals surface area contributed by atoms with Crippen molar-refractivity contribution in [2.45, 2.75) is 6.54 Å². The zero-order chi connectivity index (χ0) is 12.3. The van der Waals surface area contributed by atoms with Gasteiger partial charge in [-0.25, -0.2) is 0 Å². The number of rotatable bonds is 3. The molecule has 88 valence electrons. The first-order valence-corrected chi connectivity index (χ1v) is 6.63. The van der Waals surface area contributed by atoms with Crippen molar-refractivity contribution in [3.63, 3.8) is 0 Å². The fourth-order valence-corrected chi connectivity index (χ4v) is 2.03. The summed E-state index contributed by atoms with van der Waals surface area (Å²) >= 11 is 15.1. The molecule has 0 unspecified atom stereocenters. The van der Waals surface area contributed by atoms with Crippen molar-refractivity contribution in [1.82, 2.24) is 0 Å². The van der Waals surface area contributed by atoms with Gasteiger partial charge < -0.3 is 5.32 Å². The minimum absolute atomic E-state index is 0.710. The van der Waals surface area contributed by atoms with E-state index in [0.717, 1.165) is 21.7 Å². The van der Waals surface area contributed by atoms with Crippen LogP contribution in [0.15, 0.2) is 46.9 Å². The van der Waals surface area contributed by atoms with Crippen LogP contribution in [0.25, 0.3) is 0 Å². The van der Waals surface area contributed by atoms with Gasteiger partial charge in [0.15, 0.2) is 0 Å². The van der Waals surface area contributed by atoms with Crippen molar-refractivity contribution >= 4 is 44.8 Å². The molecule has 0 aromatic heterocycles. The molecule has 0 aliphatic rings. The van der Waals surface area contributed by atoms with Gasteiger partial charge in [-0.2, -0.15) is 0 Å². The van der Waals surface area contributed by atoms with E-state index in [1.165, 1.54) is 5.56 Å². The third kappa shape index (κ3) is 3.63. The normalized spacial score (nSPS) is 10.3. The molecular weight excluding hydrogens is 321 g/mol. The molecule has 0 fully saturated rings. The minimum atomic E-state index is 0.710. The number of anilines is 1. The van der Waals surface area contributed by atoms with Crippen molar-refractivity contribution in [3.05, 3.63) is 62.5 Å². The highest BCUT2D eigenvalue weighted by Gasteiger charge is 1.99. The SMILES string of the molecule is Clc1ccc(CNc2ccc(Cl)c(Br)c2)cc1. The molecule has 2 aromatic rings. The van der Waals surface area contributed by atoms with E-state index in [2.05, 4.69) is 21.2 Å². The third-order valence-corrected chi connectivity index (χ3v) is 3.80. The molecule has 0 aliphatic carbocycles. The largest absolute Gasteiger partial charge is 0.381 e. The van der Waals surface area contributed by atoms with Crippen LogP contribution in [0.1, 0.15) is 5.56 Å². The Morgan fingerprint density at radius 2 is 1.71 bits per heavy atom. The molecular formula is C13H10BrCl2N. The first-order chi connectivity index (χ1) is 8.15. The fraction of sp³-hybridized carbons (Fsp3) is 0.0769. The summed E-state index contributed by atoms with van der Waals surface area (Å²) in [5.41, 5.74) is 2.21. The standard InChI is InChI=1S/C13H10BrCl2N/c14-12-7-11(5-6-13(12)16)17-8-9-1-3-10(15)4-2-9/h1-7,17H,8H2. The quantitative estimate of drug-likeness (QED) is 0.797. The monoisotopic (exact) mass is 329 g/mol. The summed E-state index contributed by atoms with van der Waals surface area (Å²) in [6.45, 7) is 0.755. The van der Waals surface area contributed by atoms with E-state index in [-0.39, 0.29) is 0 Å². The van der Waals surface area contributed by atoms with Gasteiger partial charge in [-0.05, 0) is 51.8 Å². The Hall–Kier alpha value is -0.700. The van der Waals surface area contributed by atoms with Gasteiger partial charge in [0.05, 0.1) is 5.02 Å². The molecule has 2 aromatic carbocycles. The highest BCUT2D eigenvalue weighted by atomic mass is 79.9. The average molecular weight is 331 g/mol. The lowest BCUT2D eigenvalue weighted by Gasteiger charge is -2.07. The van der Waals surface area contributed by atoms with E-state index in [1.54, 1.807) is 0 Å². The van der Waals surface area contributed by atoms with Crippen molar-refractivity contribution in [2.75, 3.05) is 5.32 Å². The van der Waals surface area contributed by atoms with E-state index >= 15 is 0 Å². The third-order valence-electron chi connectivity index (χ3n) is 2.33. The van der Waals surface area contributed by atoms with E-state index in [9.17, 15) is 0 Å². The summed E-state index contributed by atoms with van der Waals surface area (Å²) in [5.74, 6) is 0. The van der Waals surface area contributed by atoms with Crippen LogP contribution >= 0.6 is 39.1 Å². The number of hydrogen-bond donors (Lipinski definition) is 1. The zero-order valence-corrected chi connectivity index (χ0v) is 12.0. The second kappa shape index (κ2) is 5.76. The molecule has 0 amide bonds. The van der Waals surface area contributed by atoms with Gasteiger partial charge in [0.1, 0.15) is 0 Å². The maximum absolute atomic E-state index is 5.93. The summed E-state index contributed by atoms with van der Waals surface area (Å²) in [4.78, 5) is 0. The van der Waals surface area contributed by atoms with Gasteiger partial charge >= 0.3 is 0 Å². The van der Waals surface area contributed by atoms with Gasteiger partial charge in [-0.3, -0.25) is 0 Å². The minimum Gasteiger partial charge on any atom is -0.381 e. The zero-order valence-electron chi connectivity index (χ0n) is 8.88. The first-order valence-electron chi connectivity index (χ1n) is 5.08. The molecule has 2 rings (SSSR count). The molecule has 1 N–H and O–H groups in total. The van der Waals surface area contributed by atoms with Crippen LogP contribution in [-0.2, 0) is 6.54 Å². The van der Waals surface area contributed by atoms with Crippen LogP contribution in [0.5, 0.6) is 0 Å². The van der Waals surface area contributed by atoms with Crippen molar-refractivity contribution in [1.29, 1.82) is 0 Å². The molecule has 4 heteroatoms. The van der Waals surface area contributed by atoms with Crippen molar-refractivity contribution < 1.29 is 0 Å². The number of nitrogens with one attached hydrogen (secondary N) is 1. The predicted octanol–water partition coefficient (Wildman–Crippen LogP) is 5.37. The Labute approximate surface area is 119 Å². The van der Waals surface area contributed by atoms with Crippen LogP contribution in [0.2, 0.25) is 10.0 Å². The smallest absolute Gasteiger partial charge is 0.0549 e. The molecule has 0 bridgehead atoms. The molecule has 0 radical (unpaired) electrons. The second-order valence-electron chi connectivity index (χ2n) is 3.61. The summed E-state index contributed by atoms with van der Waals surface area (Å²) in [6.07, 6.45) is 0. The average Bonchev–Trinajstić information content (AvgIpc) is 2.33. The summed E-state index contributed by atoms with van der Waals surface area (Å²) in [6, 6.07) is 13.5. The first kappa shape index (κ1) is 12.7. The highest BCUT2D eigenvalue weighted by molar-refractivity contribution is 9.10. The Kier molecular flexibility index (Phi) is 4.32. The van der Waals surface area contributed by atoms with Crippen LogP contribution < -0.4 is 5.32 Å². The second-order valence-corrected chi connectivity index (χ2v) is 5.31. The lowest BCUT2D eigenvalue weighted by molar-refractivity contribution is 1.15. The number of benzene rings is 2. The molecule has 0 heterocycles.